The average molecular weight is 273 g/mol. The van der Waals surface area contributed by atoms with Gasteiger partial charge in [0, 0.05) is 6.54 Å². The summed E-state index contributed by atoms with van der Waals surface area (Å²) in [7, 11) is -3.59. The Kier molecular flexibility index (Phi) is 3.70. The summed E-state index contributed by atoms with van der Waals surface area (Å²) in [6.45, 7) is 1.88. The number of sulfonamides is 1. The van der Waals surface area contributed by atoms with Crippen molar-refractivity contribution >= 4 is 10.0 Å². The Labute approximate surface area is 106 Å². The smallest absolute Gasteiger partial charge is 0.240 e. The molecule has 1 aromatic rings. The SMILES string of the molecule is Cc1cc(F)ccc1S(=O)(=O)NCC1CC(O)C1. The molecule has 1 fully saturated rings. The fourth-order valence-corrected chi connectivity index (χ4v) is 3.43. The van der Waals surface area contributed by atoms with E-state index in [1.165, 1.54) is 12.1 Å². The molecule has 0 amide bonds. The molecule has 0 radical (unpaired) electrons. The molecule has 1 aliphatic rings. The lowest BCUT2D eigenvalue weighted by Crippen LogP contribution is -2.38. The third-order valence-corrected chi connectivity index (χ3v) is 4.78. The van der Waals surface area contributed by atoms with E-state index in [1.54, 1.807) is 6.92 Å². The molecule has 1 aromatic carbocycles. The number of hydrogen-bond donors (Lipinski definition) is 2. The third kappa shape index (κ3) is 2.88. The van der Waals surface area contributed by atoms with Crippen LogP contribution < -0.4 is 4.72 Å². The van der Waals surface area contributed by atoms with Gasteiger partial charge in [0.25, 0.3) is 0 Å². The number of aliphatic hydroxyl groups is 1. The molecular weight excluding hydrogens is 257 g/mol. The molecule has 0 aliphatic heterocycles. The summed E-state index contributed by atoms with van der Waals surface area (Å²) in [4.78, 5) is 0.101. The Hall–Kier alpha value is -0.980. The molecule has 2 N–H and O–H groups in total. The summed E-state index contributed by atoms with van der Waals surface area (Å²) in [6.07, 6.45) is 0.961. The minimum Gasteiger partial charge on any atom is -0.393 e. The van der Waals surface area contributed by atoms with Crippen LogP contribution in [0.25, 0.3) is 0 Å². The van der Waals surface area contributed by atoms with Crippen LogP contribution in [-0.2, 0) is 10.0 Å². The lowest BCUT2D eigenvalue weighted by molar-refractivity contribution is 0.0453. The van der Waals surface area contributed by atoms with E-state index in [4.69, 9.17) is 5.11 Å². The third-order valence-electron chi connectivity index (χ3n) is 3.20. The van der Waals surface area contributed by atoms with Crippen LogP contribution in [0, 0.1) is 18.7 Å². The zero-order valence-electron chi connectivity index (χ0n) is 10.1. The van der Waals surface area contributed by atoms with Crippen molar-refractivity contribution in [3.05, 3.63) is 29.6 Å². The standard InChI is InChI=1S/C12H16FNO3S/c1-8-4-10(13)2-3-12(8)18(16,17)14-7-9-5-11(15)6-9/h2-4,9,11,14-15H,5-7H2,1H3. The van der Waals surface area contributed by atoms with Crippen molar-refractivity contribution < 1.29 is 17.9 Å². The van der Waals surface area contributed by atoms with Gasteiger partial charge >= 0.3 is 0 Å². The predicted octanol–water partition coefficient (Wildman–Crippen LogP) is 1.18. The largest absolute Gasteiger partial charge is 0.393 e. The van der Waals surface area contributed by atoms with E-state index in [2.05, 4.69) is 4.72 Å². The van der Waals surface area contributed by atoms with Gasteiger partial charge < -0.3 is 5.11 Å². The quantitative estimate of drug-likeness (QED) is 0.866. The highest BCUT2D eigenvalue weighted by Gasteiger charge is 2.28. The molecule has 0 bridgehead atoms. The van der Waals surface area contributed by atoms with E-state index in [-0.39, 0.29) is 16.9 Å². The number of halogens is 1. The Bertz CT molecular complexity index is 538. The summed E-state index contributed by atoms with van der Waals surface area (Å²) in [5.74, 6) is -0.260. The highest BCUT2D eigenvalue weighted by Crippen LogP contribution is 2.26. The van der Waals surface area contributed by atoms with Crippen molar-refractivity contribution in [3.8, 4) is 0 Å². The zero-order chi connectivity index (χ0) is 13.3. The van der Waals surface area contributed by atoms with Crippen LogP contribution in [0.3, 0.4) is 0 Å². The fourth-order valence-electron chi connectivity index (χ4n) is 2.09. The van der Waals surface area contributed by atoms with Crippen molar-refractivity contribution in [1.29, 1.82) is 0 Å². The van der Waals surface area contributed by atoms with E-state index < -0.39 is 15.8 Å². The second-order valence-corrected chi connectivity index (χ2v) is 6.49. The molecular formula is C12H16FNO3S. The molecule has 1 saturated carbocycles. The first-order valence-electron chi connectivity index (χ1n) is 5.82. The number of hydrogen-bond acceptors (Lipinski definition) is 3. The predicted molar refractivity (Wildman–Crippen MR) is 65.1 cm³/mol. The minimum absolute atomic E-state index is 0.101. The maximum Gasteiger partial charge on any atom is 0.240 e. The molecule has 100 valence electrons. The number of benzene rings is 1. The van der Waals surface area contributed by atoms with Gasteiger partial charge in [-0.25, -0.2) is 17.5 Å². The molecule has 1 aliphatic carbocycles. The van der Waals surface area contributed by atoms with Gasteiger partial charge in [-0.15, -0.1) is 0 Å². The van der Waals surface area contributed by atoms with Gasteiger partial charge in [0.05, 0.1) is 11.0 Å². The molecule has 0 spiro atoms. The lowest BCUT2D eigenvalue weighted by atomic mass is 9.83. The van der Waals surface area contributed by atoms with Gasteiger partial charge in [-0.1, -0.05) is 0 Å². The molecule has 0 aromatic heterocycles. The molecule has 2 rings (SSSR count). The first kappa shape index (κ1) is 13.5. The van der Waals surface area contributed by atoms with Gasteiger partial charge in [-0.2, -0.15) is 0 Å². The normalized spacial score (nSPS) is 23.7. The molecule has 0 heterocycles. The highest BCUT2D eigenvalue weighted by molar-refractivity contribution is 7.89. The minimum atomic E-state index is -3.59. The van der Waals surface area contributed by atoms with Gasteiger partial charge in [0.2, 0.25) is 10.0 Å². The molecule has 6 heteroatoms. The van der Waals surface area contributed by atoms with Gasteiger partial charge in [-0.05, 0) is 49.4 Å². The first-order chi connectivity index (χ1) is 8.38. The topological polar surface area (TPSA) is 66.4 Å². The van der Waals surface area contributed by atoms with Crippen molar-refractivity contribution in [2.45, 2.75) is 30.8 Å². The van der Waals surface area contributed by atoms with E-state index >= 15 is 0 Å². The van der Waals surface area contributed by atoms with Crippen LogP contribution in [0.5, 0.6) is 0 Å². The van der Waals surface area contributed by atoms with Crippen LogP contribution in [0.1, 0.15) is 18.4 Å². The Morgan fingerprint density at radius 1 is 1.44 bits per heavy atom. The highest BCUT2D eigenvalue weighted by atomic mass is 32.2. The van der Waals surface area contributed by atoms with Crippen LogP contribution in [0.15, 0.2) is 23.1 Å². The molecule has 0 unspecified atom stereocenters. The number of aliphatic hydroxyl groups excluding tert-OH is 1. The number of aryl methyl sites for hydroxylation is 1. The average Bonchev–Trinajstić information content (AvgIpc) is 2.22. The lowest BCUT2D eigenvalue weighted by Gasteiger charge is -2.31. The fraction of sp³-hybridized carbons (Fsp3) is 0.500. The maximum atomic E-state index is 12.9. The molecule has 18 heavy (non-hydrogen) atoms. The second-order valence-electron chi connectivity index (χ2n) is 4.75. The van der Waals surface area contributed by atoms with E-state index in [0.29, 0.717) is 24.9 Å². The summed E-state index contributed by atoms with van der Waals surface area (Å²) in [5, 5.41) is 9.12. The molecule has 0 saturated heterocycles. The van der Waals surface area contributed by atoms with E-state index in [1.807, 2.05) is 0 Å². The van der Waals surface area contributed by atoms with Gasteiger partial charge in [0.1, 0.15) is 5.82 Å². The van der Waals surface area contributed by atoms with Gasteiger partial charge in [0.15, 0.2) is 0 Å². The molecule has 4 nitrogen and oxygen atoms in total. The van der Waals surface area contributed by atoms with Crippen LogP contribution in [-0.4, -0.2) is 26.2 Å². The Balaban J connectivity index is 2.06. The zero-order valence-corrected chi connectivity index (χ0v) is 10.9. The Morgan fingerprint density at radius 2 is 2.11 bits per heavy atom. The van der Waals surface area contributed by atoms with Crippen molar-refractivity contribution in [3.63, 3.8) is 0 Å². The summed E-state index contributed by atoms with van der Waals surface area (Å²) in [5.41, 5.74) is 0.385. The Morgan fingerprint density at radius 3 is 2.67 bits per heavy atom. The van der Waals surface area contributed by atoms with Crippen molar-refractivity contribution in [2.75, 3.05) is 6.54 Å². The number of rotatable bonds is 4. The summed E-state index contributed by atoms with van der Waals surface area (Å²) in [6, 6.07) is 3.60. The van der Waals surface area contributed by atoms with Crippen molar-refractivity contribution in [1.82, 2.24) is 4.72 Å². The number of nitrogens with one attached hydrogen (secondary N) is 1. The van der Waals surface area contributed by atoms with E-state index in [9.17, 15) is 12.8 Å². The van der Waals surface area contributed by atoms with Crippen LogP contribution in [0.4, 0.5) is 4.39 Å². The second kappa shape index (κ2) is 4.95. The summed E-state index contributed by atoms with van der Waals surface area (Å²) < 4.78 is 39.4. The van der Waals surface area contributed by atoms with Crippen LogP contribution >= 0.6 is 0 Å². The molecule has 0 atom stereocenters. The van der Waals surface area contributed by atoms with E-state index in [0.717, 1.165) is 6.07 Å². The van der Waals surface area contributed by atoms with Crippen molar-refractivity contribution in [2.24, 2.45) is 5.92 Å². The maximum absolute atomic E-state index is 12.9. The monoisotopic (exact) mass is 273 g/mol. The van der Waals surface area contributed by atoms with Gasteiger partial charge in [-0.3, -0.25) is 0 Å². The first-order valence-corrected chi connectivity index (χ1v) is 7.30. The summed E-state index contributed by atoms with van der Waals surface area (Å²) >= 11 is 0. The van der Waals surface area contributed by atoms with Crippen LogP contribution in [0.2, 0.25) is 0 Å².